The smallest absolute Gasteiger partial charge is 0.278 e. The highest BCUT2D eigenvalue weighted by Gasteiger charge is 2.22. The van der Waals surface area contributed by atoms with Crippen LogP contribution in [-0.4, -0.2) is 32.8 Å². The molecule has 8 heteroatoms. The van der Waals surface area contributed by atoms with Crippen molar-refractivity contribution < 1.29 is 9.59 Å². The van der Waals surface area contributed by atoms with Gasteiger partial charge in [-0.1, -0.05) is 44.2 Å². The second-order valence-corrected chi connectivity index (χ2v) is 6.28. The minimum absolute atomic E-state index is 0.0281. The zero-order valence-electron chi connectivity index (χ0n) is 14.8. The predicted octanol–water partition coefficient (Wildman–Crippen LogP) is 1.63. The Labute approximate surface area is 154 Å². The molecule has 0 aliphatic rings. The van der Waals surface area contributed by atoms with E-state index >= 15 is 0 Å². The van der Waals surface area contributed by atoms with Crippen LogP contribution in [0.5, 0.6) is 0 Å². The number of nitrogens with one attached hydrogen (secondary N) is 2. The lowest BCUT2D eigenvalue weighted by atomic mass is 10.0. The van der Waals surface area contributed by atoms with Gasteiger partial charge in [0, 0.05) is 5.56 Å². The molecule has 136 valence electrons. The van der Waals surface area contributed by atoms with Crippen molar-refractivity contribution in [2.45, 2.75) is 19.8 Å². The van der Waals surface area contributed by atoms with Gasteiger partial charge in [-0.25, -0.2) is 0 Å². The molecule has 1 amide bonds. The van der Waals surface area contributed by atoms with Crippen LogP contribution in [-0.2, 0) is 0 Å². The summed E-state index contributed by atoms with van der Waals surface area (Å²) in [5.74, 6) is -1.10. The number of fused-ring (bicyclic) bond motifs is 1. The van der Waals surface area contributed by atoms with E-state index in [4.69, 9.17) is 5.26 Å². The van der Waals surface area contributed by atoms with E-state index in [0.29, 0.717) is 5.56 Å². The second kappa shape index (κ2) is 7.25. The summed E-state index contributed by atoms with van der Waals surface area (Å²) in [6.07, 6.45) is 1.26. The Kier molecular flexibility index (Phi) is 4.86. The number of nitriles is 1. The summed E-state index contributed by atoms with van der Waals surface area (Å²) in [7, 11) is 0. The summed E-state index contributed by atoms with van der Waals surface area (Å²) in [6, 6.07) is 10.5. The molecule has 0 bridgehead atoms. The quantitative estimate of drug-likeness (QED) is 0.668. The van der Waals surface area contributed by atoms with Crippen LogP contribution in [0, 0.1) is 11.3 Å². The van der Waals surface area contributed by atoms with E-state index in [0.717, 1.165) is 4.52 Å². The Morgan fingerprint density at radius 1 is 1.30 bits per heavy atom. The first-order valence-corrected chi connectivity index (χ1v) is 8.34. The molecule has 2 N–H and O–H groups in total. The maximum atomic E-state index is 12.7. The Morgan fingerprint density at radius 3 is 2.63 bits per heavy atom. The number of rotatable bonds is 5. The number of hydrogen-bond donors (Lipinski definition) is 2. The van der Waals surface area contributed by atoms with Gasteiger partial charge in [0.25, 0.3) is 11.5 Å². The second-order valence-electron chi connectivity index (χ2n) is 6.28. The van der Waals surface area contributed by atoms with Crippen molar-refractivity contribution in [3.05, 3.63) is 69.3 Å². The highest BCUT2D eigenvalue weighted by atomic mass is 16.2. The number of benzene rings is 1. The zero-order chi connectivity index (χ0) is 19.6. The Morgan fingerprint density at radius 2 is 2.00 bits per heavy atom. The van der Waals surface area contributed by atoms with Crippen molar-refractivity contribution in [2.75, 3.05) is 6.54 Å². The average Bonchev–Trinajstić information content (AvgIpc) is 3.09. The molecule has 27 heavy (non-hydrogen) atoms. The van der Waals surface area contributed by atoms with Crippen LogP contribution in [0.1, 0.15) is 51.7 Å². The fraction of sp³-hybridized carbons (Fsp3) is 0.211. The molecule has 0 fully saturated rings. The third-order valence-corrected chi connectivity index (χ3v) is 4.13. The SMILES string of the molecule is CC(C)c1c(C(=O)NCC(=O)c2ccccc2)[nH]c2c(C#N)cnn2c1=O. The molecule has 0 spiro atoms. The van der Waals surface area contributed by atoms with Crippen molar-refractivity contribution in [3.8, 4) is 6.07 Å². The molecule has 0 saturated heterocycles. The molecule has 0 radical (unpaired) electrons. The van der Waals surface area contributed by atoms with Crippen molar-refractivity contribution in [1.82, 2.24) is 19.9 Å². The summed E-state index contributed by atoms with van der Waals surface area (Å²) in [4.78, 5) is 40.4. The lowest BCUT2D eigenvalue weighted by molar-refractivity contribution is 0.0900. The summed E-state index contributed by atoms with van der Waals surface area (Å²) >= 11 is 0. The van der Waals surface area contributed by atoms with Crippen LogP contribution in [0.3, 0.4) is 0 Å². The number of amides is 1. The van der Waals surface area contributed by atoms with E-state index < -0.39 is 11.5 Å². The van der Waals surface area contributed by atoms with Gasteiger partial charge >= 0.3 is 0 Å². The molecule has 2 heterocycles. The number of ketones is 1. The van der Waals surface area contributed by atoms with Gasteiger partial charge in [0.1, 0.15) is 17.3 Å². The van der Waals surface area contributed by atoms with Crippen LogP contribution in [0.25, 0.3) is 5.65 Å². The number of carbonyl (C=O) groups is 2. The lowest BCUT2D eigenvalue weighted by Gasteiger charge is -2.12. The molecule has 3 aromatic rings. The largest absolute Gasteiger partial charge is 0.343 e. The van der Waals surface area contributed by atoms with Crippen LogP contribution >= 0.6 is 0 Å². The fourth-order valence-corrected chi connectivity index (χ4v) is 2.80. The van der Waals surface area contributed by atoms with Gasteiger partial charge in [-0.15, -0.1) is 0 Å². The number of nitrogens with zero attached hydrogens (tertiary/aromatic N) is 3. The first-order chi connectivity index (χ1) is 12.9. The van der Waals surface area contributed by atoms with Crippen LogP contribution in [0.4, 0.5) is 0 Å². The summed E-state index contributed by atoms with van der Waals surface area (Å²) < 4.78 is 1.07. The van der Waals surface area contributed by atoms with E-state index in [2.05, 4.69) is 15.4 Å². The molecule has 0 saturated carbocycles. The van der Waals surface area contributed by atoms with Gasteiger partial charge in [0.15, 0.2) is 11.4 Å². The van der Waals surface area contributed by atoms with Crippen molar-refractivity contribution in [1.29, 1.82) is 5.26 Å². The molecule has 2 aromatic heterocycles. The van der Waals surface area contributed by atoms with Crippen molar-refractivity contribution >= 4 is 17.3 Å². The van der Waals surface area contributed by atoms with Crippen molar-refractivity contribution in [2.24, 2.45) is 0 Å². The summed E-state index contributed by atoms with van der Waals surface area (Å²) in [5.41, 5.74) is 0.566. The Balaban J connectivity index is 1.96. The van der Waals surface area contributed by atoms with E-state index in [1.165, 1.54) is 6.20 Å². The normalized spacial score (nSPS) is 10.7. The standard InChI is InChI=1S/C19H17N5O3/c1-11(2)15-16(23-17-13(8-20)9-22-24(17)19(15)27)18(26)21-10-14(25)12-6-4-3-5-7-12/h3-7,9,11,23H,10H2,1-2H3,(H,21,26). The number of hydrogen-bond acceptors (Lipinski definition) is 5. The first kappa shape index (κ1) is 18.1. The first-order valence-electron chi connectivity index (χ1n) is 8.34. The van der Waals surface area contributed by atoms with Crippen LogP contribution in [0.15, 0.2) is 41.3 Å². The molecule has 8 nitrogen and oxygen atoms in total. The third-order valence-electron chi connectivity index (χ3n) is 4.13. The maximum Gasteiger partial charge on any atom is 0.278 e. The van der Waals surface area contributed by atoms with Gasteiger partial charge in [0.05, 0.1) is 18.3 Å². The Hall–Kier alpha value is -3.73. The molecule has 0 aliphatic carbocycles. The van der Waals surface area contributed by atoms with Gasteiger partial charge in [-0.3, -0.25) is 14.4 Å². The molecular weight excluding hydrogens is 346 g/mol. The topological polar surface area (TPSA) is 120 Å². The molecule has 0 atom stereocenters. The minimum atomic E-state index is -0.590. The van der Waals surface area contributed by atoms with Gasteiger partial charge in [-0.2, -0.15) is 14.9 Å². The third kappa shape index (κ3) is 3.35. The van der Waals surface area contributed by atoms with E-state index in [1.807, 2.05) is 6.07 Å². The predicted molar refractivity (Wildman–Crippen MR) is 97.7 cm³/mol. The number of aromatic nitrogens is 3. The monoisotopic (exact) mass is 363 g/mol. The molecular formula is C19H17N5O3. The lowest BCUT2D eigenvalue weighted by Crippen LogP contribution is -2.34. The maximum absolute atomic E-state index is 12.7. The van der Waals surface area contributed by atoms with Crippen molar-refractivity contribution in [3.63, 3.8) is 0 Å². The zero-order valence-corrected chi connectivity index (χ0v) is 14.8. The summed E-state index contributed by atoms with van der Waals surface area (Å²) in [6.45, 7) is 3.34. The number of carbonyl (C=O) groups excluding carboxylic acids is 2. The molecule has 3 rings (SSSR count). The molecule has 0 aliphatic heterocycles. The molecule has 0 unspecified atom stereocenters. The Bertz CT molecular complexity index is 1120. The van der Waals surface area contributed by atoms with Gasteiger partial charge in [0.2, 0.25) is 0 Å². The number of aromatic amines is 1. The molecule has 1 aromatic carbocycles. The van der Waals surface area contributed by atoms with Gasteiger partial charge < -0.3 is 10.3 Å². The van der Waals surface area contributed by atoms with Gasteiger partial charge in [-0.05, 0) is 5.92 Å². The highest BCUT2D eigenvalue weighted by molar-refractivity contribution is 6.02. The summed E-state index contributed by atoms with van der Waals surface area (Å²) in [5, 5.41) is 15.6. The fourth-order valence-electron chi connectivity index (χ4n) is 2.80. The van der Waals surface area contributed by atoms with E-state index in [-0.39, 0.29) is 40.7 Å². The minimum Gasteiger partial charge on any atom is -0.343 e. The average molecular weight is 363 g/mol. The van der Waals surface area contributed by atoms with Crippen LogP contribution in [0.2, 0.25) is 0 Å². The van der Waals surface area contributed by atoms with E-state index in [1.54, 1.807) is 44.2 Å². The number of Topliss-reactive ketones (excluding diaryl/α,β-unsaturated/α-hetero) is 1. The van der Waals surface area contributed by atoms with Crippen LogP contribution < -0.4 is 10.9 Å². The highest BCUT2D eigenvalue weighted by Crippen LogP contribution is 2.16. The number of H-pyrrole nitrogens is 1. The van der Waals surface area contributed by atoms with E-state index in [9.17, 15) is 14.4 Å².